The average molecular weight is 367 g/mol. The lowest BCUT2D eigenvalue weighted by Crippen LogP contribution is -2.38. The van der Waals surface area contributed by atoms with Crippen LogP contribution in [0.2, 0.25) is 0 Å². The molecule has 1 aromatic carbocycles. The van der Waals surface area contributed by atoms with Crippen LogP contribution >= 0.6 is 0 Å². The summed E-state index contributed by atoms with van der Waals surface area (Å²) in [7, 11) is 5.01. The van der Waals surface area contributed by atoms with Gasteiger partial charge in [-0.25, -0.2) is 0 Å². The molecule has 1 N–H and O–H groups in total. The molecule has 27 heavy (non-hydrogen) atoms. The molecule has 3 aromatic rings. The molecule has 1 aliphatic rings. The largest absolute Gasteiger partial charge is 0.497 e. The van der Waals surface area contributed by atoms with E-state index in [1.807, 2.05) is 24.3 Å². The lowest BCUT2D eigenvalue weighted by Gasteiger charge is -2.27. The van der Waals surface area contributed by atoms with E-state index >= 15 is 0 Å². The van der Waals surface area contributed by atoms with Gasteiger partial charge in [0.25, 0.3) is 11.8 Å². The highest BCUT2D eigenvalue weighted by Crippen LogP contribution is 2.23. The minimum Gasteiger partial charge on any atom is -0.497 e. The molecular weight excluding hydrogens is 346 g/mol. The van der Waals surface area contributed by atoms with E-state index in [2.05, 4.69) is 10.1 Å². The number of hydrogen-bond acceptors (Lipinski definition) is 4. The Labute approximate surface area is 156 Å². The van der Waals surface area contributed by atoms with Crippen LogP contribution in [0.4, 0.5) is 0 Å². The van der Waals surface area contributed by atoms with Gasteiger partial charge >= 0.3 is 0 Å². The Morgan fingerprint density at radius 3 is 2.74 bits per heavy atom. The Balaban J connectivity index is 1.56. The van der Waals surface area contributed by atoms with Crippen molar-refractivity contribution in [2.24, 2.45) is 0 Å². The first-order chi connectivity index (χ1) is 13.0. The van der Waals surface area contributed by atoms with E-state index in [0.717, 1.165) is 22.3 Å². The number of nitrogens with one attached hydrogen (secondary N) is 1. The molecule has 4 rings (SSSR count). The van der Waals surface area contributed by atoms with E-state index in [-0.39, 0.29) is 11.8 Å². The SMILES string of the molecule is COc1ccc2[nH]c(C(=O)N3CCn4nc(C(=O)N(C)C)cc4C3)cc2c1. The standard InChI is InChI=1S/C19H21N5O3/c1-22(2)18(25)17-10-13-11-23(6-7-24(13)21-17)19(26)16-9-12-8-14(27-3)4-5-15(12)20-16/h4-5,8-10,20H,6-7,11H2,1-3H3. The number of rotatable bonds is 3. The third kappa shape index (κ3) is 3.03. The summed E-state index contributed by atoms with van der Waals surface area (Å²) in [5.41, 5.74) is 2.69. The van der Waals surface area contributed by atoms with Gasteiger partial charge < -0.3 is 19.5 Å². The molecule has 0 unspecified atom stereocenters. The van der Waals surface area contributed by atoms with Gasteiger partial charge in [-0.1, -0.05) is 0 Å². The van der Waals surface area contributed by atoms with E-state index in [1.54, 1.807) is 36.9 Å². The lowest BCUT2D eigenvalue weighted by atomic mass is 10.2. The van der Waals surface area contributed by atoms with Crippen molar-refractivity contribution >= 4 is 22.7 Å². The van der Waals surface area contributed by atoms with Crippen molar-refractivity contribution in [1.82, 2.24) is 24.6 Å². The zero-order chi connectivity index (χ0) is 19.1. The van der Waals surface area contributed by atoms with Gasteiger partial charge in [0, 0.05) is 31.5 Å². The molecule has 0 radical (unpaired) electrons. The van der Waals surface area contributed by atoms with E-state index in [4.69, 9.17) is 4.74 Å². The molecule has 0 bridgehead atoms. The first-order valence-corrected chi connectivity index (χ1v) is 8.70. The highest BCUT2D eigenvalue weighted by atomic mass is 16.5. The fraction of sp³-hybridized carbons (Fsp3) is 0.316. The van der Waals surface area contributed by atoms with Gasteiger partial charge in [-0.3, -0.25) is 14.3 Å². The monoisotopic (exact) mass is 367 g/mol. The molecule has 2 amide bonds. The van der Waals surface area contributed by atoms with Crippen LogP contribution in [-0.4, -0.2) is 64.1 Å². The number of carbonyl (C=O) groups excluding carboxylic acids is 2. The van der Waals surface area contributed by atoms with Crippen LogP contribution in [0.5, 0.6) is 5.75 Å². The zero-order valence-corrected chi connectivity index (χ0v) is 15.5. The minimum absolute atomic E-state index is 0.0712. The first kappa shape index (κ1) is 17.1. The maximum absolute atomic E-state index is 12.9. The van der Waals surface area contributed by atoms with Crippen molar-refractivity contribution in [3.63, 3.8) is 0 Å². The summed E-state index contributed by atoms with van der Waals surface area (Å²) in [4.78, 5) is 31.5. The van der Waals surface area contributed by atoms with Gasteiger partial charge in [0.15, 0.2) is 5.69 Å². The first-order valence-electron chi connectivity index (χ1n) is 8.70. The minimum atomic E-state index is -0.139. The molecular formula is C19H21N5O3. The summed E-state index contributed by atoms with van der Waals surface area (Å²) in [6.07, 6.45) is 0. The van der Waals surface area contributed by atoms with Crippen molar-refractivity contribution in [1.29, 1.82) is 0 Å². The number of hydrogen-bond donors (Lipinski definition) is 1. The lowest BCUT2D eigenvalue weighted by molar-refractivity contribution is 0.0699. The number of H-pyrrole nitrogens is 1. The quantitative estimate of drug-likeness (QED) is 0.764. The summed E-state index contributed by atoms with van der Waals surface area (Å²) < 4.78 is 7.04. The number of aromatic nitrogens is 3. The van der Waals surface area contributed by atoms with Crippen molar-refractivity contribution in [2.45, 2.75) is 13.1 Å². The smallest absolute Gasteiger partial charge is 0.273 e. The van der Waals surface area contributed by atoms with Crippen LogP contribution in [0, 0.1) is 0 Å². The highest BCUT2D eigenvalue weighted by Gasteiger charge is 2.26. The molecule has 3 heterocycles. The maximum Gasteiger partial charge on any atom is 0.273 e. The predicted octanol–water partition coefficient (Wildman–Crippen LogP) is 1.73. The van der Waals surface area contributed by atoms with Gasteiger partial charge in [-0.2, -0.15) is 5.10 Å². The normalized spacial score (nSPS) is 13.5. The van der Waals surface area contributed by atoms with E-state index in [0.29, 0.717) is 31.0 Å². The second-order valence-corrected chi connectivity index (χ2v) is 6.81. The molecule has 0 atom stereocenters. The number of nitrogens with zero attached hydrogens (tertiary/aromatic N) is 4. The van der Waals surface area contributed by atoms with Crippen molar-refractivity contribution in [3.8, 4) is 5.75 Å². The fourth-order valence-electron chi connectivity index (χ4n) is 3.30. The summed E-state index contributed by atoms with van der Waals surface area (Å²) in [6.45, 7) is 1.53. The number of ether oxygens (including phenoxy) is 1. The van der Waals surface area contributed by atoms with Gasteiger partial charge in [0.2, 0.25) is 0 Å². The second-order valence-electron chi connectivity index (χ2n) is 6.81. The molecule has 0 aliphatic carbocycles. The molecule has 1 aliphatic heterocycles. The van der Waals surface area contributed by atoms with Crippen LogP contribution in [-0.2, 0) is 13.1 Å². The van der Waals surface area contributed by atoms with E-state index < -0.39 is 0 Å². The number of carbonyl (C=O) groups is 2. The number of methoxy groups -OCH3 is 1. The molecule has 8 nitrogen and oxygen atoms in total. The fourth-order valence-corrected chi connectivity index (χ4v) is 3.30. The van der Waals surface area contributed by atoms with E-state index in [9.17, 15) is 9.59 Å². The number of amides is 2. The molecule has 0 fully saturated rings. The summed E-state index contributed by atoms with van der Waals surface area (Å²) >= 11 is 0. The molecule has 0 spiro atoms. The zero-order valence-electron chi connectivity index (χ0n) is 15.5. The summed E-state index contributed by atoms with van der Waals surface area (Å²) in [5, 5.41) is 5.29. The maximum atomic E-state index is 12.9. The second kappa shape index (κ2) is 6.46. The van der Waals surface area contributed by atoms with Crippen molar-refractivity contribution < 1.29 is 14.3 Å². The highest BCUT2D eigenvalue weighted by molar-refractivity contribution is 5.98. The van der Waals surface area contributed by atoms with Crippen LogP contribution in [0.25, 0.3) is 10.9 Å². The van der Waals surface area contributed by atoms with Gasteiger partial charge in [0.1, 0.15) is 11.4 Å². The Kier molecular flexibility index (Phi) is 4.10. The molecule has 0 saturated carbocycles. The van der Waals surface area contributed by atoms with E-state index in [1.165, 1.54) is 4.90 Å². The Morgan fingerprint density at radius 1 is 1.19 bits per heavy atom. The van der Waals surface area contributed by atoms with Crippen LogP contribution < -0.4 is 4.74 Å². The summed E-state index contributed by atoms with van der Waals surface area (Å²) in [5.74, 6) is 0.540. The third-order valence-electron chi connectivity index (χ3n) is 4.77. The molecule has 140 valence electrons. The number of fused-ring (bicyclic) bond motifs is 2. The molecule has 2 aromatic heterocycles. The predicted molar refractivity (Wildman–Crippen MR) is 99.8 cm³/mol. The Morgan fingerprint density at radius 2 is 2.00 bits per heavy atom. The topological polar surface area (TPSA) is 83.5 Å². The Hall–Kier alpha value is -3.29. The Bertz CT molecular complexity index is 1030. The van der Waals surface area contributed by atoms with Crippen molar-refractivity contribution in [3.05, 3.63) is 47.4 Å². The van der Waals surface area contributed by atoms with Crippen molar-refractivity contribution in [2.75, 3.05) is 27.7 Å². The van der Waals surface area contributed by atoms with Gasteiger partial charge in [-0.05, 0) is 30.3 Å². The molecule has 8 heteroatoms. The number of aromatic amines is 1. The third-order valence-corrected chi connectivity index (χ3v) is 4.77. The van der Waals surface area contributed by atoms with Crippen LogP contribution in [0.3, 0.4) is 0 Å². The molecule has 0 saturated heterocycles. The van der Waals surface area contributed by atoms with Crippen LogP contribution in [0.15, 0.2) is 30.3 Å². The van der Waals surface area contributed by atoms with Gasteiger partial charge in [-0.15, -0.1) is 0 Å². The number of benzene rings is 1. The van der Waals surface area contributed by atoms with Crippen LogP contribution in [0.1, 0.15) is 26.7 Å². The van der Waals surface area contributed by atoms with Gasteiger partial charge in [0.05, 0.1) is 25.9 Å². The average Bonchev–Trinajstić information content (AvgIpc) is 3.29. The summed E-state index contributed by atoms with van der Waals surface area (Å²) in [6, 6.07) is 9.25.